The minimum atomic E-state index is -0.150. The van der Waals surface area contributed by atoms with Crippen LogP contribution in [0, 0.1) is 0 Å². The van der Waals surface area contributed by atoms with Gasteiger partial charge in [0, 0.05) is 55.9 Å². The van der Waals surface area contributed by atoms with Crippen LogP contribution < -0.4 is 14.4 Å². The van der Waals surface area contributed by atoms with E-state index < -0.39 is 0 Å². The number of anilines is 1. The van der Waals surface area contributed by atoms with Crippen molar-refractivity contribution in [1.29, 1.82) is 0 Å². The average molecular weight is 576 g/mol. The fourth-order valence-electron chi connectivity index (χ4n) is 6.79. The second kappa shape index (κ2) is 12.9. The highest BCUT2D eigenvalue weighted by atomic mass is 16.5. The number of nitrogens with zero attached hydrogens (tertiary/aromatic N) is 3. The molecular formula is C37H41N3O3. The minimum Gasteiger partial charge on any atom is -0.497 e. The molecule has 0 spiro atoms. The summed E-state index contributed by atoms with van der Waals surface area (Å²) in [5.74, 6) is 1.85. The van der Waals surface area contributed by atoms with Crippen molar-refractivity contribution in [3.63, 3.8) is 0 Å². The third kappa shape index (κ3) is 6.25. The van der Waals surface area contributed by atoms with Crippen molar-refractivity contribution in [3.05, 3.63) is 125 Å². The zero-order valence-electron chi connectivity index (χ0n) is 25.2. The Morgan fingerprint density at radius 1 is 0.721 bits per heavy atom. The zero-order chi connectivity index (χ0) is 29.6. The Morgan fingerprint density at radius 3 is 1.95 bits per heavy atom. The third-order valence-electron chi connectivity index (χ3n) is 9.12. The number of piperidine rings is 1. The molecule has 1 amide bonds. The first-order valence-electron chi connectivity index (χ1n) is 15.3. The quantitative estimate of drug-likeness (QED) is 0.249. The summed E-state index contributed by atoms with van der Waals surface area (Å²) in [4.78, 5) is 20.4. The molecule has 2 heterocycles. The van der Waals surface area contributed by atoms with Crippen LogP contribution in [-0.4, -0.2) is 69.2 Å². The lowest BCUT2D eigenvalue weighted by atomic mass is 9.69. The number of benzene rings is 4. The topological polar surface area (TPSA) is 45.3 Å². The van der Waals surface area contributed by atoms with Gasteiger partial charge in [-0.2, -0.15) is 0 Å². The Balaban J connectivity index is 1.18. The highest BCUT2D eigenvalue weighted by Crippen LogP contribution is 2.42. The number of para-hydroxylation sites is 1. The molecule has 4 aromatic carbocycles. The molecule has 2 aliphatic heterocycles. The molecule has 222 valence electrons. The zero-order valence-corrected chi connectivity index (χ0v) is 25.2. The second-order valence-corrected chi connectivity index (χ2v) is 11.7. The number of carbonyl (C=O) groups excluding carboxylic acids is 1. The first-order chi connectivity index (χ1) is 21.1. The van der Waals surface area contributed by atoms with Crippen LogP contribution in [0.25, 0.3) is 0 Å². The molecule has 43 heavy (non-hydrogen) atoms. The highest BCUT2D eigenvalue weighted by molar-refractivity contribution is 5.94. The van der Waals surface area contributed by atoms with Gasteiger partial charge < -0.3 is 19.3 Å². The van der Waals surface area contributed by atoms with E-state index in [1.807, 2.05) is 23.1 Å². The van der Waals surface area contributed by atoms with Crippen LogP contribution in [0.15, 0.2) is 103 Å². The second-order valence-electron chi connectivity index (χ2n) is 11.7. The lowest BCUT2D eigenvalue weighted by Crippen LogP contribution is -2.48. The van der Waals surface area contributed by atoms with Crippen molar-refractivity contribution < 1.29 is 14.3 Å². The van der Waals surface area contributed by atoms with E-state index in [-0.39, 0.29) is 11.3 Å². The van der Waals surface area contributed by atoms with Crippen molar-refractivity contribution >= 4 is 11.6 Å². The maximum absolute atomic E-state index is 13.5. The van der Waals surface area contributed by atoms with Gasteiger partial charge in [-0.25, -0.2) is 0 Å². The summed E-state index contributed by atoms with van der Waals surface area (Å²) >= 11 is 0. The first kappa shape index (κ1) is 28.8. The van der Waals surface area contributed by atoms with E-state index in [0.29, 0.717) is 0 Å². The molecule has 0 atom stereocenters. The van der Waals surface area contributed by atoms with Crippen molar-refractivity contribution in [2.24, 2.45) is 0 Å². The highest BCUT2D eigenvalue weighted by Gasteiger charge is 2.39. The van der Waals surface area contributed by atoms with E-state index in [2.05, 4.69) is 94.7 Å². The number of hydrogen-bond acceptors (Lipinski definition) is 5. The van der Waals surface area contributed by atoms with Gasteiger partial charge in [-0.3, -0.25) is 9.69 Å². The molecule has 4 aromatic rings. The molecule has 0 N–H and O–H groups in total. The summed E-state index contributed by atoms with van der Waals surface area (Å²) in [5, 5.41) is 0. The maximum Gasteiger partial charge on any atom is 0.253 e. The largest absolute Gasteiger partial charge is 0.497 e. The normalized spacial score (nSPS) is 17.0. The number of rotatable bonds is 8. The molecule has 0 radical (unpaired) electrons. The number of methoxy groups -OCH3 is 2. The molecule has 6 rings (SSSR count). The summed E-state index contributed by atoms with van der Waals surface area (Å²) in [5.41, 5.74) is 5.61. The monoisotopic (exact) mass is 575 g/mol. The number of amides is 1. The van der Waals surface area contributed by atoms with E-state index in [4.69, 9.17) is 9.47 Å². The molecule has 2 aliphatic rings. The Kier molecular flexibility index (Phi) is 8.66. The van der Waals surface area contributed by atoms with E-state index in [1.54, 1.807) is 14.2 Å². The lowest BCUT2D eigenvalue weighted by molar-refractivity contribution is 0.0746. The number of likely N-dealkylation sites (tertiary alicyclic amines) is 1. The van der Waals surface area contributed by atoms with Crippen LogP contribution in [0.2, 0.25) is 0 Å². The number of hydrogen-bond donors (Lipinski definition) is 0. The van der Waals surface area contributed by atoms with Crippen LogP contribution in [0.4, 0.5) is 5.69 Å². The van der Waals surface area contributed by atoms with Crippen LogP contribution in [0.1, 0.15) is 39.9 Å². The summed E-state index contributed by atoms with van der Waals surface area (Å²) in [6.07, 6.45) is 2.15. The van der Waals surface area contributed by atoms with E-state index >= 15 is 0 Å². The van der Waals surface area contributed by atoms with Gasteiger partial charge in [0.05, 0.1) is 14.2 Å². The molecule has 2 fully saturated rings. The van der Waals surface area contributed by atoms with E-state index in [0.717, 1.165) is 75.7 Å². The van der Waals surface area contributed by atoms with Crippen LogP contribution in [-0.2, 0) is 12.0 Å². The van der Waals surface area contributed by atoms with Crippen LogP contribution in [0.5, 0.6) is 11.5 Å². The summed E-state index contributed by atoms with van der Waals surface area (Å²) < 4.78 is 10.9. The fourth-order valence-corrected chi connectivity index (χ4v) is 6.79. The summed E-state index contributed by atoms with van der Waals surface area (Å²) in [6.45, 7) is 5.88. The van der Waals surface area contributed by atoms with Crippen LogP contribution >= 0.6 is 0 Å². The maximum atomic E-state index is 13.5. The van der Waals surface area contributed by atoms with Gasteiger partial charge >= 0.3 is 0 Å². The number of carbonyl (C=O) groups is 1. The van der Waals surface area contributed by atoms with Crippen LogP contribution in [0.3, 0.4) is 0 Å². The van der Waals surface area contributed by atoms with Gasteiger partial charge in [0.1, 0.15) is 11.5 Å². The Labute approximate surface area is 255 Å². The molecule has 0 bridgehead atoms. The van der Waals surface area contributed by atoms with Gasteiger partial charge in [-0.05, 0) is 84.6 Å². The Morgan fingerprint density at radius 2 is 1.35 bits per heavy atom. The van der Waals surface area contributed by atoms with Crippen molar-refractivity contribution in [2.45, 2.75) is 24.8 Å². The van der Waals surface area contributed by atoms with Gasteiger partial charge in [0.25, 0.3) is 5.91 Å². The molecule has 0 aliphatic carbocycles. The summed E-state index contributed by atoms with van der Waals surface area (Å²) in [7, 11) is 3.42. The molecule has 0 saturated carbocycles. The molecule has 2 saturated heterocycles. The minimum absolute atomic E-state index is 0.124. The molecule has 0 aromatic heterocycles. The van der Waals surface area contributed by atoms with E-state index in [9.17, 15) is 4.79 Å². The summed E-state index contributed by atoms with van der Waals surface area (Å²) in [6, 6.07) is 35.8. The van der Waals surface area contributed by atoms with Gasteiger partial charge in [0.2, 0.25) is 0 Å². The molecule has 0 unspecified atom stereocenters. The first-order valence-corrected chi connectivity index (χ1v) is 15.3. The predicted molar refractivity (Wildman–Crippen MR) is 172 cm³/mol. The van der Waals surface area contributed by atoms with Gasteiger partial charge in [-0.1, -0.05) is 54.6 Å². The molecular weight excluding hydrogens is 534 g/mol. The predicted octanol–water partition coefficient (Wildman–Crippen LogP) is 6.25. The number of ether oxygens (including phenoxy) is 2. The number of piperazine rings is 1. The smallest absolute Gasteiger partial charge is 0.253 e. The Hall–Kier alpha value is -4.29. The third-order valence-corrected chi connectivity index (χ3v) is 9.12. The lowest BCUT2D eigenvalue weighted by Gasteiger charge is -2.44. The van der Waals surface area contributed by atoms with Gasteiger partial charge in [-0.15, -0.1) is 0 Å². The average Bonchev–Trinajstić information content (AvgIpc) is 3.08. The van der Waals surface area contributed by atoms with Crippen molar-refractivity contribution in [1.82, 2.24) is 9.80 Å². The van der Waals surface area contributed by atoms with Crippen molar-refractivity contribution in [3.8, 4) is 11.5 Å². The van der Waals surface area contributed by atoms with Gasteiger partial charge in [0.15, 0.2) is 0 Å². The fraction of sp³-hybridized carbons (Fsp3) is 0.324. The SMILES string of the molecule is COc1ccc(C2(c3ccc(OC)cc3)CCCN(Cc3cccc(C(=O)N4CCN(c5ccccc5)CC4)c3)C2)cc1. The molecule has 6 heteroatoms. The Bertz CT molecular complexity index is 1450. The standard InChI is InChI=1S/C37H41N3O3/c1-42-34-16-12-31(13-17-34)37(32-14-18-35(43-2)19-15-32)20-7-21-38(28-37)27-29-8-6-9-30(26-29)36(41)40-24-22-39(23-25-40)33-10-4-3-5-11-33/h3-6,8-19,26H,7,20-25,27-28H2,1-2H3. The van der Waals surface area contributed by atoms with E-state index in [1.165, 1.54) is 22.4 Å². The van der Waals surface area contributed by atoms with Crippen molar-refractivity contribution in [2.75, 3.05) is 58.4 Å². The molecule has 6 nitrogen and oxygen atoms in total.